The van der Waals surface area contributed by atoms with E-state index in [0.717, 1.165) is 31.5 Å². The zero-order valence-electron chi connectivity index (χ0n) is 11.4. The lowest BCUT2D eigenvalue weighted by atomic mass is 10.2. The van der Waals surface area contributed by atoms with Crippen LogP contribution in [-0.2, 0) is 4.79 Å². The van der Waals surface area contributed by atoms with Gasteiger partial charge in [-0.15, -0.1) is 10.2 Å². The van der Waals surface area contributed by atoms with Gasteiger partial charge in [-0.05, 0) is 19.8 Å². The molecule has 1 saturated carbocycles. The molecule has 0 radical (unpaired) electrons. The number of fused-ring (bicyclic) bond motifs is 1. The molecule has 2 heterocycles. The van der Waals surface area contributed by atoms with E-state index >= 15 is 0 Å². The molecule has 1 aliphatic carbocycles. The predicted octanol–water partition coefficient (Wildman–Crippen LogP) is 1.27. The van der Waals surface area contributed by atoms with Gasteiger partial charge in [-0.1, -0.05) is 12.8 Å². The van der Waals surface area contributed by atoms with Gasteiger partial charge in [0.05, 0.1) is 0 Å². The Hall–Kier alpha value is -2.18. The smallest absolute Gasteiger partial charge is 0.323 e. The molecule has 0 aliphatic heterocycles. The number of carboxylic acids is 1. The largest absolute Gasteiger partial charge is 0.480 e. The van der Waals surface area contributed by atoms with Gasteiger partial charge in [0.1, 0.15) is 12.4 Å². The molecule has 0 unspecified atom stereocenters. The Labute approximate surface area is 116 Å². The molecule has 1 aliphatic rings. The third kappa shape index (κ3) is 2.19. The van der Waals surface area contributed by atoms with Crippen LogP contribution < -0.4 is 4.90 Å². The van der Waals surface area contributed by atoms with Crippen molar-refractivity contribution in [3.05, 3.63) is 18.2 Å². The first kappa shape index (κ1) is 12.8. The Balaban J connectivity index is 2.05. The van der Waals surface area contributed by atoms with Crippen molar-refractivity contribution in [3.63, 3.8) is 0 Å². The lowest BCUT2D eigenvalue weighted by Crippen LogP contribution is -2.38. The SMILES string of the molecule is Cc1nnc2c(N(CC(=O)O)C3CCCC3)nccn12. The van der Waals surface area contributed by atoms with Crippen LogP contribution in [0, 0.1) is 6.92 Å². The third-order valence-corrected chi connectivity index (χ3v) is 3.82. The van der Waals surface area contributed by atoms with Crippen molar-refractivity contribution in [1.82, 2.24) is 19.6 Å². The molecule has 1 fully saturated rings. The van der Waals surface area contributed by atoms with E-state index in [0.29, 0.717) is 11.5 Å². The minimum Gasteiger partial charge on any atom is -0.480 e. The number of carboxylic acid groups (broad SMARTS) is 1. The fourth-order valence-electron chi connectivity index (χ4n) is 2.87. The van der Waals surface area contributed by atoms with E-state index in [1.165, 1.54) is 0 Å². The summed E-state index contributed by atoms with van der Waals surface area (Å²) in [5.74, 6) is 0.532. The molecule has 0 spiro atoms. The Kier molecular flexibility index (Phi) is 3.25. The number of hydrogen-bond donors (Lipinski definition) is 1. The first-order valence-electron chi connectivity index (χ1n) is 6.81. The fraction of sp³-hybridized carbons (Fsp3) is 0.538. The number of carbonyl (C=O) groups is 1. The molecule has 2 aromatic rings. The number of anilines is 1. The zero-order chi connectivity index (χ0) is 14.1. The maximum atomic E-state index is 11.2. The molecule has 2 aromatic heterocycles. The second kappa shape index (κ2) is 5.07. The van der Waals surface area contributed by atoms with Gasteiger partial charge >= 0.3 is 5.97 Å². The molecule has 0 amide bonds. The van der Waals surface area contributed by atoms with Crippen LogP contribution in [0.5, 0.6) is 0 Å². The number of rotatable bonds is 4. The molecular weight excluding hydrogens is 258 g/mol. The molecule has 3 rings (SSSR count). The number of nitrogens with zero attached hydrogens (tertiary/aromatic N) is 5. The Morgan fingerprint density at radius 1 is 1.45 bits per heavy atom. The van der Waals surface area contributed by atoms with Crippen molar-refractivity contribution in [3.8, 4) is 0 Å². The highest BCUT2D eigenvalue weighted by Gasteiger charge is 2.27. The second-order valence-corrected chi connectivity index (χ2v) is 5.15. The summed E-state index contributed by atoms with van der Waals surface area (Å²) in [6.07, 6.45) is 7.74. The fourth-order valence-corrected chi connectivity index (χ4v) is 2.87. The quantitative estimate of drug-likeness (QED) is 0.904. The summed E-state index contributed by atoms with van der Waals surface area (Å²) in [5, 5.41) is 17.3. The second-order valence-electron chi connectivity index (χ2n) is 5.15. The summed E-state index contributed by atoms with van der Waals surface area (Å²) in [4.78, 5) is 17.4. The van der Waals surface area contributed by atoms with Gasteiger partial charge in [0.25, 0.3) is 0 Å². The molecule has 0 aromatic carbocycles. The molecule has 0 atom stereocenters. The predicted molar refractivity (Wildman–Crippen MR) is 72.8 cm³/mol. The zero-order valence-corrected chi connectivity index (χ0v) is 11.4. The highest BCUT2D eigenvalue weighted by Crippen LogP contribution is 2.28. The standard InChI is InChI=1S/C13H17N5O2/c1-9-15-16-13-12(14-6-7-17(9)13)18(8-11(19)20)10-4-2-3-5-10/h6-7,10H,2-5,8H2,1H3,(H,19,20). The summed E-state index contributed by atoms with van der Waals surface area (Å²) in [5.41, 5.74) is 0.623. The van der Waals surface area contributed by atoms with Gasteiger partial charge < -0.3 is 10.0 Å². The van der Waals surface area contributed by atoms with Crippen molar-refractivity contribution >= 4 is 17.4 Å². The van der Waals surface area contributed by atoms with Crippen LogP contribution >= 0.6 is 0 Å². The average molecular weight is 275 g/mol. The maximum Gasteiger partial charge on any atom is 0.323 e. The summed E-state index contributed by atoms with van der Waals surface area (Å²) < 4.78 is 1.84. The monoisotopic (exact) mass is 275 g/mol. The van der Waals surface area contributed by atoms with Gasteiger partial charge in [-0.2, -0.15) is 0 Å². The van der Waals surface area contributed by atoms with Gasteiger partial charge in [-0.3, -0.25) is 9.20 Å². The van der Waals surface area contributed by atoms with Crippen molar-refractivity contribution in [2.75, 3.05) is 11.4 Å². The van der Waals surface area contributed by atoms with Crippen LogP contribution in [0.3, 0.4) is 0 Å². The van der Waals surface area contributed by atoms with E-state index in [1.54, 1.807) is 12.4 Å². The van der Waals surface area contributed by atoms with Gasteiger partial charge in [0.15, 0.2) is 5.82 Å². The molecule has 106 valence electrons. The highest BCUT2D eigenvalue weighted by molar-refractivity contribution is 5.76. The molecule has 7 heteroatoms. The minimum atomic E-state index is -0.850. The van der Waals surface area contributed by atoms with E-state index in [-0.39, 0.29) is 12.6 Å². The van der Waals surface area contributed by atoms with Crippen molar-refractivity contribution in [2.24, 2.45) is 0 Å². The van der Waals surface area contributed by atoms with E-state index in [1.807, 2.05) is 16.2 Å². The van der Waals surface area contributed by atoms with Crippen LogP contribution in [-0.4, -0.2) is 43.2 Å². The lowest BCUT2D eigenvalue weighted by molar-refractivity contribution is -0.135. The van der Waals surface area contributed by atoms with Crippen LogP contribution in [0.25, 0.3) is 5.65 Å². The molecule has 0 saturated heterocycles. The third-order valence-electron chi connectivity index (χ3n) is 3.82. The Morgan fingerprint density at radius 2 is 2.20 bits per heavy atom. The molecule has 20 heavy (non-hydrogen) atoms. The van der Waals surface area contributed by atoms with Crippen molar-refractivity contribution in [2.45, 2.75) is 38.6 Å². The maximum absolute atomic E-state index is 11.2. The lowest BCUT2D eigenvalue weighted by Gasteiger charge is -2.28. The first-order valence-corrected chi connectivity index (χ1v) is 6.81. The molecular formula is C13H17N5O2. The van der Waals surface area contributed by atoms with Crippen LogP contribution in [0.15, 0.2) is 12.4 Å². The average Bonchev–Trinajstić information content (AvgIpc) is 3.06. The van der Waals surface area contributed by atoms with E-state index < -0.39 is 5.97 Å². The van der Waals surface area contributed by atoms with Gasteiger partial charge in [0, 0.05) is 18.4 Å². The molecule has 7 nitrogen and oxygen atoms in total. The molecule has 1 N–H and O–H groups in total. The Morgan fingerprint density at radius 3 is 2.90 bits per heavy atom. The van der Waals surface area contributed by atoms with Crippen molar-refractivity contribution in [1.29, 1.82) is 0 Å². The summed E-state index contributed by atoms with van der Waals surface area (Å²) in [7, 11) is 0. The normalized spacial score (nSPS) is 15.8. The van der Waals surface area contributed by atoms with E-state index in [4.69, 9.17) is 0 Å². The Bertz CT molecular complexity index is 633. The van der Waals surface area contributed by atoms with E-state index in [2.05, 4.69) is 15.2 Å². The minimum absolute atomic E-state index is 0.0523. The van der Waals surface area contributed by atoms with Gasteiger partial charge in [-0.25, -0.2) is 4.98 Å². The number of aliphatic carboxylic acids is 1. The van der Waals surface area contributed by atoms with E-state index in [9.17, 15) is 9.90 Å². The number of hydrogen-bond acceptors (Lipinski definition) is 5. The summed E-state index contributed by atoms with van der Waals surface area (Å²) in [6, 6.07) is 0.224. The molecule has 0 bridgehead atoms. The van der Waals surface area contributed by atoms with Crippen molar-refractivity contribution < 1.29 is 9.90 Å². The number of aromatic nitrogens is 4. The van der Waals surface area contributed by atoms with Crippen LogP contribution in [0.2, 0.25) is 0 Å². The van der Waals surface area contributed by atoms with Crippen LogP contribution in [0.1, 0.15) is 31.5 Å². The summed E-state index contributed by atoms with van der Waals surface area (Å²) >= 11 is 0. The topological polar surface area (TPSA) is 83.6 Å². The van der Waals surface area contributed by atoms with Crippen LogP contribution in [0.4, 0.5) is 5.82 Å². The van der Waals surface area contributed by atoms with Gasteiger partial charge in [0.2, 0.25) is 5.65 Å². The summed E-state index contributed by atoms with van der Waals surface area (Å²) in [6.45, 7) is 1.81. The first-order chi connectivity index (χ1) is 9.66. The number of aryl methyl sites for hydroxylation is 1. The highest BCUT2D eigenvalue weighted by atomic mass is 16.4.